The lowest BCUT2D eigenvalue weighted by Crippen LogP contribution is -2.16. The number of pyridine rings is 1. The molecule has 0 atom stereocenters. The molecule has 0 bridgehead atoms. The number of amides is 1. The Morgan fingerprint density at radius 2 is 2.17 bits per heavy atom. The van der Waals surface area contributed by atoms with Gasteiger partial charge in [-0.3, -0.25) is 14.5 Å². The second-order valence-corrected chi connectivity index (χ2v) is 5.94. The fourth-order valence-corrected chi connectivity index (χ4v) is 3.00. The topological polar surface area (TPSA) is 85.8 Å². The molecule has 24 heavy (non-hydrogen) atoms. The molecule has 0 aromatic carbocycles. The van der Waals surface area contributed by atoms with E-state index in [9.17, 15) is 4.79 Å². The van der Waals surface area contributed by atoms with Crippen LogP contribution in [0.3, 0.4) is 0 Å². The first-order valence-electron chi connectivity index (χ1n) is 7.94. The Morgan fingerprint density at radius 1 is 1.29 bits per heavy atom. The van der Waals surface area contributed by atoms with Gasteiger partial charge in [0, 0.05) is 25.5 Å². The minimum absolute atomic E-state index is 0.226. The van der Waals surface area contributed by atoms with Gasteiger partial charge in [-0.2, -0.15) is 5.10 Å². The molecule has 0 radical (unpaired) electrons. The smallest absolute Gasteiger partial charge is 0.277 e. The average Bonchev–Trinajstić information content (AvgIpc) is 3.24. The Labute approximate surface area is 138 Å². The lowest BCUT2D eigenvalue weighted by atomic mass is 9.92. The largest absolute Gasteiger partial charge is 0.354 e. The van der Waals surface area contributed by atoms with Crippen molar-refractivity contribution in [2.45, 2.75) is 25.7 Å². The molecule has 1 N–H and O–H groups in total. The van der Waals surface area contributed by atoms with Gasteiger partial charge in [-0.25, -0.2) is 0 Å². The van der Waals surface area contributed by atoms with Crippen LogP contribution in [-0.2, 0) is 19.9 Å². The molecular weight excluding hydrogens is 306 g/mol. The minimum Gasteiger partial charge on any atom is -0.354 e. The third-order valence-corrected chi connectivity index (χ3v) is 4.23. The number of nitrogens with one attached hydrogen (secondary N) is 1. The first kappa shape index (κ1) is 14.6. The molecule has 0 saturated carbocycles. The van der Waals surface area contributed by atoms with Gasteiger partial charge in [-0.15, -0.1) is 0 Å². The lowest BCUT2D eigenvalue weighted by Gasteiger charge is -2.18. The van der Waals surface area contributed by atoms with Crippen molar-refractivity contribution in [3.8, 4) is 11.5 Å². The van der Waals surface area contributed by atoms with Crippen LogP contribution in [0.15, 0.2) is 35.2 Å². The molecule has 7 nitrogen and oxygen atoms in total. The quantitative estimate of drug-likeness (QED) is 0.800. The number of hydrogen-bond donors (Lipinski definition) is 1. The van der Waals surface area contributed by atoms with Crippen molar-refractivity contribution in [2.75, 3.05) is 5.32 Å². The average molecular weight is 323 g/mol. The van der Waals surface area contributed by atoms with Crippen LogP contribution in [0.2, 0.25) is 0 Å². The van der Waals surface area contributed by atoms with Gasteiger partial charge in [0.2, 0.25) is 0 Å². The van der Waals surface area contributed by atoms with E-state index < -0.39 is 0 Å². The van der Waals surface area contributed by atoms with Crippen molar-refractivity contribution < 1.29 is 9.32 Å². The summed E-state index contributed by atoms with van der Waals surface area (Å²) in [5.41, 5.74) is 4.03. The van der Waals surface area contributed by atoms with E-state index in [-0.39, 0.29) is 11.6 Å². The van der Waals surface area contributed by atoms with Crippen LogP contribution in [0.5, 0.6) is 0 Å². The van der Waals surface area contributed by atoms with E-state index in [0.29, 0.717) is 11.5 Å². The van der Waals surface area contributed by atoms with Crippen LogP contribution in [0, 0.1) is 0 Å². The number of rotatable bonds is 3. The number of carbonyl (C=O) groups is 1. The second-order valence-electron chi connectivity index (χ2n) is 5.94. The van der Waals surface area contributed by atoms with Gasteiger partial charge in [-0.1, -0.05) is 5.16 Å². The second kappa shape index (κ2) is 5.92. The standard InChI is InChI=1S/C17H17N5O2/c1-22-7-6-13(20-22)16-8-14(21-24-16)17(23)19-15-10-18-9-11-4-2-3-5-12(11)15/h6-10H,2-5H2,1H3,(H,19,23). The fraction of sp³-hybridized carbons (Fsp3) is 0.294. The maximum Gasteiger partial charge on any atom is 0.277 e. The molecule has 0 unspecified atom stereocenters. The third-order valence-electron chi connectivity index (χ3n) is 4.23. The number of fused-ring (bicyclic) bond motifs is 1. The summed E-state index contributed by atoms with van der Waals surface area (Å²) >= 11 is 0. The van der Waals surface area contributed by atoms with Crippen molar-refractivity contribution in [1.29, 1.82) is 0 Å². The van der Waals surface area contributed by atoms with Gasteiger partial charge < -0.3 is 9.84 Å². The van der Waals surface area contributed by atoms with Crippen LogP contribution in [0.25, 0.3) is 11.5 Å². The highest BCUT2D eigenvalue weighted by atomic mass is 16.5. The normalized spacial score (nSPS) is 13.5. The zero-order chi connectivity index (χ0) is 16.5. The lowest BCUT2D eigenvalue weighted by molar-refractivity contribution is 0.101. The van der Waals surface area contributed by atoms with E-state index in [1.165, 1.54) is 17.5 Å². The van der Waals surface area contributed by atoms with Gasteiger partial charge in [-0.05, 0) is 42.9 Å². The summed E-state index contributed by atoms with van der Waals surface area (Å²) in [6.45, 7) is 0. The van der Waals surface area contributed by atoms with Crippen LogP contribution < -0.4 is 5.32 Å². The summed E-state index contributed by atoms with van der Waals surface area (Å²) in [6.07, 6.45) is 9.67. The van der Waals surface area contributed by atoms with E-state index >= 15 is 0 Å². The molecule has 3 aromatic heterocycles. The Kier molecular flexibility index (Phi) is 3.60. The van der Waals surface area contributed by atoms with Crippen molar-refractivity contribution in [2.24, 2.45) is 7.05 Å². The highest BCUT2D eigenvalue weighted by molar-refractivity contribution is 6.03. The van der Waals surface area contributed by atoms with E-state index in [4.69, 9.17) is 4.52 Å². The van der Waals surface area contributed by atoms with Crippen LogP contribution in [0.1, 0.15) is 34.5 Å². The Hall–Kier alpha value is -2.96. The highest BCUT2D eigenvalue weighted by Crippen LogP contribution is 2.27. The Morgan fingerprint density at radius 3 is 3.00 bits per heavy atom. The third kappa shape index (κ3) is 2.68. The molecule has 1 amide bonds. The molecule has 0 aliphatic heterocycles. The van der Waals surface area contributed by atoms with Crippen LogP contribution >= 0.6 is 0 Å². The SMILES string of the molecule is Cn1ccc(-c2cc(C(=O)Nc3cncc4c3CCCC4)no2)n1. The molecule has 122 valence electrons. The van der Waals surface area contributed by atoms with Gasteiger partial charge in [0.25, 0.3) is 5.91 Å². The predicted molar refractivity (Wildman–Crippen MR) is 87.5 cm³/mol. The first-order chi connectivity index (χ1) is 11.7. The zero-order valence-electron chi connectivity index (χ0n) is 13.3. The van der Waals surface area contributed by atoms with Crippen molar-refractivity contribution in [1.82, 2.24) is 19.9 Å². The number of carbonyl (C=O) groups excluding carboxylic acids is 1. The molecule has 4 rings (SSSR count). The zero-order valence-corrected chi connectivity index (χ0v) is 13.3. The maximum absolute atomic E-state index is 12.5. The Balaban J connectivity index is 1.56. The number of anilines is 1. The first-order valence-corrected chi connectivity index (χ1v) is 7.94. The molecule has 3 aromatic rings. The maximum atomic E-state index is 12.5. The molecule has 0 saturated heterocycles. The van der Waals surface area contributed by atoms with Gasteiger partial charge in [0.05, 0.1) is 11.9 Å². The van der Waals surface area contributed by atoms with Gasteiger partial charge in [0.1, 0.15) is 5.69 Å². The van der Waals surface area contributed by atoms with E-state index in [0.717, 1.165) is 24.9 Å². The Bertz CT molecular complexity index is 896. The summed E-state index contributed by atoms with van der Waals surface area (Å²) in [7, 11) is 1.82. The number of aryl methyl sites for hydroxylation is 2. The number of hydrogen-bond acceptors (Lipinski definition) is 5. The van der Waals surface area contributed by atoms with Crippen LogP contribution in [0.4, 0.5) is 5.69 Å². The summed E-state index contributed by atoms with van der Waals surface area (Å²) in [5, 5.41) is 11.0. The summed E-state index contributed by atoms with van der Waals surface area (Å²) in [5.74, 6) is 0.163. The van der Waals surface area contributed by atoms with E-state index in [2.05, 4.69) is 20.6 Å². The number of aromatic nitrogens is 4. The fourth-order valence-electron chi connectivity index (χ4n) is 3.00. The predicted octanol–water partition coefficient (Wildman–Crippen LogP) is 2.60. The van der Waals surface area contributed by atoms with Gasteiger partial charge in [0.15, 0.2) is 11.5 Å². The molecule has 1 aliphatic carbocycles. The molecule has 0 spiro atoms. The van der Waals surface area contributed by atoms with Crippen molar-refractivity contribution in [3.05, 3.63) is 47.5 Å². The molecule has 0 fully saturated rings. The van der Waals surface area contributed by atoms with Crippen LogP contribution in [-0.4, -0.2) is 25.8 Å². The van der Waals surface area contributed by atoms with Gasteiger partial charge >= 0.3 is 0 Å². The number of nitrogens with zero attached hydrogens (tertiary/aromatic N) is 4. The van der Waals surface area contributed by atoms with E-state index in [1.807, 2.05) is 13.2 Å². The molecule has 1 aliphatic rings. The summed E-state index contributed by atoms with van der Waals surface area (Å²) < 4.78 is 6.90. The van der Waals surface area contributed by atoms with E-state index in [1.54, 1.807) is 29.2 Å². The summed E-state index contributed by atoms with van der Waals surface area (Å²) in [4.78, 5) is 16.7. The minimum atomic E-state index is -0.304. The monoisotopic (exact) mass is 323 g/mol. The van der Waals surface area contributed by atoms with Crippen molar-refractivity contribution in [3.63, 3.8) is 0 Å². The molecule has 7 heteroatoms. The summed E-state index contributed by atoms with van der Waals surface area (Å²) in [6, 6.07) is 3.40. The highest BCUT2D eigenvalue weighted by Gasteiger charge is 2.19. The molecular formula is C17H17N5O2. The molecule has 3 heterocycles. The van der Waals surface area contributed by atoms with Crippen molar-refractivity contribution >= 4 is 11.6 Å².